The van der Waals surface area contributed by atoms with E-state index in [9.17, 15) is 0 Å². The molecule has 6 nitrogen and oxygen atoms in total. The van der Waals surface area contributed by atoms with Crippen LogP contribution in [0.5, 0.6) is 0 Å². The Bertz CT molecular complexity index is 1080. The van der Waals surface area contributed by atoms with E-state index in [4.69, 9.17) is 4.98 Å². The van der Waals surface area contributed by atoms with Gasteiger partial charge in [-0.05, 0) is 38.7 Å². The van der Waals surface area contributed by atoms with Crippen molar-refractivity contribution < 1.29 is 0 Å². The summed E-state index contributed by atoms with van der Waals surface area (Å²) in [5.41, 5.74) is 4.83. The van der Waals surface area contributed by atoms with Crippen LogP contribution in [0.4, 0.5) is 5.69 Å². The Morgan fingerprint density at radius 1 is 1.26 bits per heavy atom. The molecule has 0 aromatic carbocycles. The molecule has 1 aliphatic rings. The van der Waals surface area contributed by atoms with Crippen LogP contribution in [-0.4, -0.2) is 31.0 Å². The number of pyridine rings is 1. The van der Waals surface area contributed by atoms with Crippen molar-refractivity contribution in [1.82, 2.24) is 25.0 Å². The van der Waals surface area contributed by atoms with Crippen molar-refractivity contribution in [2.24, 2.45) is 5.92 Å². The van der Waals surface area contributed by atoms with Gasteiger partial charge in [-0.25, -0.2) is 4.98 Å². The number of rotatable bonds is 6. The van der Waals surface area contributed by atoms with E-state index < -0.39 is 0 Å². The highest BCUT2D eigenvalue weighted by molar-refractivity contribution is 7.25. The average molecular weight is 397 g/mol. The first-order valence-corrected chi connectivity index (χ1v) is 10.9. The Morgan fingerprint density at radius 2 is 2.15 bits per heavy atom. The highest BCUT2D eigenvalue weighted by atomic mass is 32.1. The maximum absolute atomic E-state index is 4.72. The molecule has 8 heteroatoms. The highest BCUT2D eigenvalue weighted by Crippen LogP contribution is 2.41. The molecule has 1 N–H and O–H groups in total. The van der Waals surface area contributed by atoms with E-state index >= 15 is 0 Å². The Hall–Kier alpha value is -2.32. The van der Waals surface area contributed by atoms with Crippen LogP contribution in [0.25, 0.3) is 31.2 Å². The van der Waals surface area contributed by atoms with Gasteiger partial charge in [0.25, 0.3) is 0 Å². The van der Waals surface area contributed by atoms with Gasteiger partial charge >= 0.3 is 0 Å². The predicted molar refractivity (Wildman–Crippen MR) is 111 cm³/mol. The number of nitrogens with zero attached hydrogens (tertiary/aromatic N) is 5. The number of fused-ring (bicyclic) bond motifs is 1. The van der Waals surface area contributed by atoms with Gasteiger partial charge in [-0.3, -0.25) is 9.67 Å². The second kappa shape index (κ2) is 6.69. The fourth-order valence-corrected chi connectivity index (χ4v) is 4.88. The van der Waals surface area contributed by atoms with Crippen LogP contribution in [0.3, 0.4) is 0 Å². The molecule has 0 unspecified atom stereocenters. The molecule has 0 atom stereocenters. The van der Waals surface area contributed by atoms with Gasteiger partial charge in [0.2, 0.25) is 0 Å². The molecule has 138 valence electrons. The van der Waals surface area contributed by atoms with Gasteiger partial charge in [0.15, 0.2) is 0 Å². The van der Waals surface area contributed by atoms with E-state index in [0.29, 0.717) is 6.04 Å². The molecule has 0 bridgehead atoms. The van der Waals surface area contributed by atoms with Crippen molar-refractivity contribution in [3.8, 4) is 21.0 Å². The highest BCUT2D eigenvalue weighted by Gasteiger charge is 2.23. The minimum atomic E-state index is 0.308. The Balaban J connectivity index is 1.61. The van der Waals surface area contributed by atoms with Crippen LogP contribution < -0.4 is 5.32 Å². The van der Waals surface area contributed by atoms with Crippen molar-refractivity contribution in [2.45, 2.75) is 39.3 Å². The van der Waals surface area contributed by atoms with Crippen molar-refractivity contribution in [3.05, 3.63) is 30.2 Å². The van der Waals surface area contributed by atoms with Crippen molar-refractivity contribution in [1.29, 1.82) is 0 Å². The third-order valence-electron chi connectivity index (χ3n) is 4.63. The monoisotopic (exact) mass is 396 g/mol. The van der Waals surface area contributed by atoms with Crippen LogP contribution in [0.2, 0.25) is 0 Å². The molecule has 5 rings (SSSR count). The maximum Gasteiger partial charge on any atom is 0.125 e. The largest absolute Gasteiger partial charge is 0.382 e. The first kappa shape index (κ1) is 16.8. The smallest absolute Gasteiger partial charge is 0.125 e. The van der Waals surface area contributed by atoms with Crippen molar-refractivity contribution in [3.63, 3.8) is 0 Å². The fourth-order valence-electron chi connectivity index (χ4n) is 3.16. The molecule has 0 radical (unpaired) electrons. The van der Waals surface area contributed by atoms with E-state index in [-0.39, 0.29) is 0 Å². The molecular weight excluding hydrogens is 376 g/mol. The van der Waals surface area contributed by atoms with E-state index in [0.717, 1.165) is 39.6 Å². The summed E-state index contributed by atoms with van der Waals surface area (Å²) in [6.07, 6.45) is 8.49. The van der Waals surface area contributed by atoms with E-state index in [1.54, 1.807) is 22.7 Å². The number of hydrogen-bond donors (Lipinski definition) is 1. The van der Waals surface area contributed by atoms with Crippen LogP contribution in [0.1, 0.15) is 26.7 Å². The minimum Gasteiger partial charge on any atom is -0.382 e. The molecule has 4 aromatic heterocycles. The van der Waals surface area contributed by atoms with Crippen LogP contribution >= 0.6 is 22.7 Å². The molecule has 1 fully saturated rings. The summed E-state index contributed by atoms with van der Waals surface area (Å²) in [6.45, 7) is 5.26. The lowest BCUT2D eigenvalue weighted by Crippen LogP contribution is -2.11. The molecule has 0 amide bonds. The van der Waals surface area contributed by atoms with Crippen LogP contribution in [-0.2, 0) is 6.54 Å². The summed E-state index contributed by atoms with van der Waals surface area (Å²) in [5, 5.41) is 13.5. The molecule has 1 saturated carbocycles. The maximum atomic E-state index is 4.72. The zero-order valence-electron chi connectivity index (χ0n) is 15.2. The zero-order chi connectivity index (χ0) is 18.4. The molecule has 0 saturated heterocycles. The molecular formula is C19H20N6S2. The minimum absolute atomic E-state index is 0.308. The molecule has 0 aliphatic heterocycles. The Morgan fingerprint density at radius 3 is 2.89 bits per heavy atom. The summed E-state index contributed by atoms with van der Waals surface area (Å²) < 4.78 is 1.96. The van der Waals surface area contributed by atoms with Gasteiger partial charge in [0, 0.05) is 40.8 Å². The van der Waals surface area contributed by atoms with E-state index in [1.807, 2.05) is 28.8 Å². The van der Waals surface area contributed by atoms with Crippen molar-refractivity contribution >= 4 is 38.6 Å². The number of thiazole rings is 1. The molecule has 1 aliphatic carbocycles. The number of anilines is 1. The quantitative estimate of drug-likeness (QED) is 0.501. The van der Waals surface area contributed by atoms with Gasteiger partial charge in [0.1, 0.15) is 10.5 Å². The number of aromatic nitrogens is 5. The predicted octanol–water partition coefficient (Wildman–Crippen LogP) is 4.91. The van der Waals surface area contributed by atoms with Crippen molar-refractivity contribution in [2.75, 3.05) is 5.32 Å². The summed E-state index contributed by atoms with van der Waals surface area (Å²) >= 11 is 3.35. The number of hydrogen-bond acceptors (Lipinski definition) is 7. The molecule has 4 heterocycles. The van der Waals surface area contributed by atoms with Gasteiger partial charge in [-0.1, -0.05) is 5.21 Å². The van der Waals surface area contributed by atoms with Gasteiger partial charge in [0.05, 0.1) is 22.3 Å². The van der Waals surface area contributed by atoms with Crippen LogP contribution in [0, 0.1) is 5.92 Å². The number of nitrogens with one attached hydrogen (secondary N) is 1. The van der Waals surface area contributed by atoms with Crippen LogP contribution in [0.15, 0.2) is 30.2 Å². The first-order chi connectivity index (χ1) is 13.2. The Labute approximate surface area is 165 Å². The lowest BCUT2D eigenvalue weighted by Gasteiger charge is -2.14. The summed E-state index contributed by atoms with van der Waals surface area (Å²) in [6, 6.07) is 2.52. The van der Waals surface area contributed by atoms with Gasteiger partial charge in [-0.15, -0.1) is 27.8 Å². The van der Waals surface area contributed by atoms with E-state index in [2.05, 4.69) is 40.5 Å². The Kier molecular flexibility index (Phi) is 4.17. The van der Waals surface area contributed by atoms with Gasteiger partial charge < -0.3 is 5.32 Å². The summed E-state index contributed by atoms with van der Waals surface area (Å²) in [4.78, 5) is 12.3. The SMILES string of the molecule is CC(C)Nc1c(-c2cn(CC3CC3)nn2)cnc2sc(-c3cncs3)cc12. The fraction of sp³-hybridized carbons (Fsp3) is 0.368. The molecule has 4 aromatic rings. The van der Waals surface area contributed by atoms with E-state index in [1.165, 1.54) is 22.6 Å². The molecule has 27 heavy (non-hydrogen) atoms. The molecule has 0 spiro atoms. The third kappa shape index (κ3) is 3.35. The first-order valence-electron chi connectivity index (χ1n) is 9.16. The van der Waals surface area contributed by atoms with Gasteiger partial charge in [-0.2, -0.15) is 0 Å². The average Bonchev–Trinajstić information content (AvgIpc) is 3.08. The summed E-state index contributed by atoms with van der Waals surface area (Å²) in [7, 11) is 0. The second-order valence-corrected chi connectivity index (χ2v) is 9.23. The lowest BCUT2D eigenvalue weighted by molar-refractivity contribution is 0.544. The topological polar surface area (TPSA) is 68.5 Å². The standard InChI is InChI=1S/C19H20N6S2/c1-11(2)22-18-13-5-16(17-7-20-10-26-17)27-19(13)21-6-14(18)15-9-25(24-23-15)8-12-3-4-12/h5-7,9-12H,3-4,8H2,1-2H3,(H,21,22). The number of thiophene rings is 1. The third-order valence-corrected chi connectivity index (χ3v) is 6.64. The zero-order valence-corrected chi connectivity index (χ0v) is 16.8. The summed E-state index contributed by atoms with van der Waals surface area (Å²) in [5.74, 6) is 0.771. The second-order valence-electron chi connectivity index (χ2n) is 7.31. The normalized spacial score (nSPS) is 14.3. The lowest BCUT2D eigenvalue weighted by atomic mass is 10.1.